The molecule has 2 aromatic carbocycles. The van der Waals surface area contributed by atoms with Crippen molar-refractivity contribution in [3.63, 3.8) is 0 Å². The van der Waals surface area contributed by atoms with E-state index < -0.39 is 0 Å². The number of aromatic nitrogens is 1. The van der Waals surface area contributed by atoms with Crippen molar-refractivity contribution in [2.75, 3.05) is 31.6 Å². The minimum absolute atomic E-state index is 0.0224. The monoisotopic (exact) mass is 405 g/mol. The molecule has 0 saturated carbocycles. The van der Waals surface area contributed by atoms with E-state index in [-0.39, 0.29) is 17.1 Å². The number of nitrogens with one attached hydrogen (secondary N) is 1. The van der Waals surface area contributed by atoms with Crippen LogP contribution in [0.2, 0.25) is 0 Å². The van der Waals surface area contributed by atoms with Crippen LogP contribution in [0.1, 0.15) is 28.8 Å². The molecule has 5 rings (SSSR count). The summed E-state index contributed by atoms with van der Waals surface area (Å²) in [6.07, 6.45) is 3.63. The number of nitrogens with zero attached hydrogens (tertiary/aromatic N) is 2. The topological polar surface area (TPSA) is 54.5 Å². The predicted octanol–water partition coefficient (Wildman–Crippen LogP) is 4.68. The molecule has 0 atom stereocenters. The Morgan fingerprint density at radius 2 is 1.93 bits per heavy atom. The number of anilines is 2. The van der Waals surface area contributed by atoms with E-state index in [4.69, 9.17) is 4.74 Å². The van der Waals surface area contributed by atoms with Crippen LogP contribution in [0.3, 0.4) is 0 Å². The van der Waals surface area contributed by atoms with Gasteiger partial charge in [0.2, 0.25) is 0 Å². The van der Waals surface area contributed by atoms with E-state index in [9.17, 15) is 9.18 Å². The molecule has 0 unspecified atom stereocenters. The summed E-state index contributed by atoms with van der Waals surface area (Å²) < 4.78 is 19.0. The summed E-state index contributed by atoms with van der Waals surface area (Å²) in [7, 11) is 0. The van der Waals surface area contributed by atoms with Gasteiger partial charge in [-0.1, -0.05) is 24.3 Å². The number of ether oxygens (including phenoxy) is 1. The Morgan fingerprint density at radius 1 is 1.17 bits per heavy atom. The first kappa shape index (κ1) is 19.0. The van der Waals surface area contributed by atoms with Crippen LogP contribution >= 0.6 is 0 Å². The van der Waals surface area contributed by atoms with Gasteiger partial charge in [-0.3, -0.25) is 4.79 Å². The highest BCUT2D eigenvalue weighted by Gasteiger charge is 2.42. The van der Waals surface area contributed by atoms with E-state index in [1.165, 1.54) is 12.1 Å². The fourth-order valence-corrected chi connectivity index (χ4v) is 4.48. The number of rotatable bonds is 3. The van der Waals surface area contributed by atoms with Gasteiger partial charge in [-0.25, -0.2) is 9.37 Å². The van der Waals surface area contributed by atoms with Crippen LogP contribution < -0.4 is 5.32 Å². The molecule has 2 fully saturated rings. The molecule has 30 heavy (non-hydrogen) atoms. The van der Waals surface area contributed by atoms with Crippen LogP contribution in [0.25, 0.3) is 10.8 Å². The Kier molecular flexibility index (Phi) is 4.66. The van der Waals surface area contributed by atoms with E-state index in [1.54, 1.807) is 18.3 Å². The van der Waals surface area contributed by atoms with E-state index >= 15 is 0 Å². The lowest BCUT2D eigenvalue weighted by atomic mass is 9.77. The highest BCUT2D eigenvalue weighted by Crippen LogP contribution is 2.39. The molecule has 2 aliphatic heterocycles. The van der Waals surface area contributed by atoms with Gasteiger partial charge in [0, 0.05) is 41.2 Å². The van der Waals surface area contributed by atoms with Gasteiger partial charge in [-0.15, -0.1) is 0 Å². The largest absolute Gasteiger partial charge is 0.380 e. The SMILES string of the molecule is Cc1cccc2c(Nc3cccc(F)c3)ncc(C(=O)N3CCC4(CC3)COC4)c12. The molecule has 0 bridgehead atoms. The molecule has 0 radical (unpaired) electrons. The fourth-order valence-electron chi connectivity index (χ4n) is 4.48. The maximum absolute atomic E-state index is 13.6. The number of aryl methyl sites for hydroxylation is 1. The highest BCUT2D eigenvalue weighted by molar-refractivity contribution is 6.10. The number of amides is 1. The number of fused-ring (bicyclic) bond motifs is 1. The first-order valence-corrected chi connectivity index (χ1v) is 10.3. The quantitative estimate of drug-likeness (QED) is 0.688. The number of halogens is 1. The number of carbonyl (C=O) groups excluding carboxylic acids is 1. The average Bonchev–Trinajstić information content (AvgIpc) is 2.73. The summed E-state index contributed by atoms with van der Waals surface area (Å²) in [5, 5.41) is 4.94. The number of hydrogen-bond donors (Lipinski definition) is 1. The van der Waals surface area contributed by atoms with Gasteiger partial charge in [-0.2, -0.15) is 0 Å². The molecular formula is C24H24FN3O2. The summed E-state index contributed by atoms with van der Waals surface area (Å²) in [6.45, 7) is 5.14. The summed E-state index contributed by atoms with van der Waals surface area (Å²) in [6, 6.07) is 12.2. The average molecular weight is 405 g/mol. The molecule has 154 valence electrons. The second-order valence-corrected chi connectivity index (χ2v) is 8.44. The predicted molar refractivity (Wildman–Crippen MR) is 115 cm³/mol. The fraction of sp³-hybridized carbons (Fsp3) is 0.333. The van der Waals surface area contributed by atoms with Crippen molar-refractivity contribution in [3.8, 4) is 0 Å². The second kappa shape index (κ2) is 7.36. The minimum atomic E-state index is -0.313. The number of pyridine rings is 1. The van der Waals surface area contributed by atoms with Gasteiger partial charge in [-0.05, 0) is 43.5 Å². The molecule has 1 amide bonds. The van der Waals surface area contributed by atoms with Gasteiger partial charge in [0.1, 0.15) is 11.6 Å². The lowest BCUT2D eigenvalue weighted by Gasteiger charge is -2.47. The number of piperidine rings is 1. The Bertz CT molecular complexity index is 1120. The van der Waals surface area contributed by atoms with Crippen LogP contribution in [-0.4, -0.2) is 42.1 Å². The first-order chi connectivity index (χ1) is 14.5. The zero-order chi connectivity index (χ0) is 20.7. The maximum Gasteiger partial charge on any atom is 0.256 e. The molecule has 1 N–H and O–H groups in total. The van der Waals surface area contributed by atoms with E-state index in [2.05, 4.69) is 10.3 Å². The standard InChI is InChI=1S/C24H24FN3O2/c1-16-4-2-7-19-21(16)20(13-26-22(19)27-18-6-3-5-17(25)12-18)23(29)28-10-8-24(9-11-28)14-30-15-24/h2-7,12-13H,8-11,14-15H2,1H3,(H,26,27). The third kappa shape index (κ3) is 3.31. The third-order valence-electron chi connectivity index (χ3n) is 6.37. The molecule has 2 saturated heterocycles. The smallest absolute Gasteiger partial charge is 0.256 e. The first-order valence-electron chi connectivity index (χ1n) is 10.3. The van der Waals surface area contributed by atoms with Crippen molar-refractivity contribution in [2.24, 2.45) is 5.41 Å². The molecule has 3 aromatic rings. The third-order valence-corrected chi connectivity index (χ3v) is 6.37. The van der Waals surface area contributed by atoms with Gasteiger partial charge < -0.3 is 15.0 Å². The summed E-state index contributed by atoms with van der Waals surface area (Å²) >= 11 is 0. The number of carbonyl (C=O) groups is 1. The molecule has 3 heterocycles. The molecule has 2 aliphatic rings. The second-order valence-electron chi connectivity index (χ2n) is 8.44. The van der Waals surface area contributed by atoms with Crippen molar-refractivity contribution in [3.05, 3.63) is 65.6 Å². The van der Waals surface area contributed by atoms with Crippen LogP contribution in [0.15, 0.2) is 48.7 Å². The van der Waals surface area contributed by atoms with Gasteiger partial charge in [0.25, 0.3) is 5.91 Å². The highest BCUT2D eigenvalue weighted by atomic mass is 19.1. The lowest BCUT2D eigenvalue weighted by Crippen LogP contribution is -2.52. The zero-order valence-electron chi connectivity index (χ0n) is 17.0. The molecule has 0 aliphatic carbocycles. The van der Waals surface area contributed by atoms with E-state index in [0.29, 0.717) is 17.1 Å². The van der Waals surface area contributed by atoms with Crippen LogP contribution in [0.4, 0.5) is 15.9 Å². The normalized spacial score (nSPS) is 17.7. The van der Waals surface area contributed by atoms with E-state index in [1.807, 2.05) is 30.0 Å². The maximum atomic E-state index is 13.6. The van der Waals surface area contributed by atoms with Crippen molar-refractivity contribution in [1.82, 2.24) is 9.88 Å². The van der Waals surface area contributed by atoms with Crippen molar-refractivity contribution in [1.29, 1.82) is 0 Å². The molecule has 1 aromatic heterocycles. The van der Waals surface area contributed by atoms with Gasteiger partial charge >= 0.3 is 0 Å². The Balaban J connectivity index is 1.48. The van der Waals surface area contributed by atoms with Gasteiger partial charge in [0.05, 0.1) is 18.8 Å². The summed E-state index contributed by atoms with van der Waals surface area (Å²) in [4.78, 5) is 19.9. The summed E-state index contributed by atoms with van der Waals surface area (Å²) in [5.41, 5.74) is 2.54. The minimum Gasteiger partial charge on any atom is -0.380 e. The number of likely N-dealkylation sites (tertiary alicyclic amines) is 1. The van der Waals surface area contributed by atoms with E-state index in [0.717, 1.165) is 55.5 Å². The number of hydrogen-bond acceptors (Lipinski definition) is 4. The van der Waals surface area contributed by atoms with Crippen molar-refractivity contribution >= 4 is 28.2 Å². The lowest BCUT2D eigenvalue weighted by molar-refractivity contribution is -0.136. The number of benzene rings is 2. The van der Waals surface area contributed by atoms with Crippen LogP contribution in [-0.2, 0) is 4.74 Å². The van der Waals surface area contributed by atoms with Gasteiger partial charge in [0.15, 0.2) is 0 Å². The Morgan fingerprint density at radius 3 is 2.63 bits per heavy atom. The van der Waals surface area contributed by atoms with Crippen LogP contribution in [0, 0.1) is 18.2 Å². The Hall–Kier alpha value is -2.99. The molecule has 1 spiro atoms. The molecule has 5 nitrogen and oxygen atoms in total. The van der Waals surface area contributed by atoms with Crippen molar-refractivity contribution in [2.45, 2.75) is 19.8 Å². The van der Waals surface area contributed by atoms with Crippen molar-refractivity contribution < 1.29 is 13.9 Å². The zero-order valence-corrected chi connectivity index (χ0v) is 17.0. The van der Waals surface area contributed by atoms with Crippen LogP contribution in [0.5, 0.6) is 0 Å². The Labute approximate surface area is 174 Å². The summed E-state index contributed by atoms with van der Waals surface area (Å²) in [5.74, 6) is 0.321. The molecular weight excluding hydrogens is 381 g/mol. The molecule has 6 heteroatoms.